The highest BCUT2D eigenvalue weighted by molar-refractivity contribution is 7.89. The summed E-state index contributed by atoms with van der Waals surface area (Å²) in [5.74, 6) is 0. The fraction of sp³-hybridized carbons (Fsp3) is 0.357. The predicted octanol–water partition coefficient (Wildman–Crippen LogP) is 2.78. The van der Waals surface area contributed by atoms with Crippen molar-refractivity contribution in [2.24, 2.45) is 0 Å². The van der Waals surface area contributed by atoms with Crippen molar-refractivity contribution in [3.8, 4) is 0 Å². The van der Waals surface area contributed by atoms with Crippen LogP contribution in [0.3, 0.4) is 0 Å². The van der Waals surface area contributed by atoms with Crippen LogP contribution in [0.25, 0.3) is 0 Å². The van der Waals surface area contributed by atoms with Crippen molar-refractivity contribution in [1.29, 1.82) is 0 Å². The summed E-state index contributed by atoms with van der Waals surface area (Å²) >= 11 is 0. The Labute approximate surface area is 109 Å². The van der Waals surface area contributed by atoms with Gasteiger partial charge in [0.25, 0.3) is 0 Å². The first-order chi connectivity index (χ1) is 8.56. The lowest BCUT2D eigenvalue weighted by molar-refractivity contribution is 0.579. The third kappa shape index (κ3) is 4.88. The third-order valence-corrected chi connectivity index (χ3v) is 3.91. The topological polar surface area (TPSA) is 46.2 Å². The van der Waals surface area contributed by atoms with E-state index in [1.165, 1.54) is 0 Å². The van der Waals surface area contributed by atoms with Crippen LogP contribution in [-0.4, -0.2) is 15.0 Å². The molecule has 3 nitrogen and oxygen atoms in total. The van der Waals surface area contributed by atoms with E-state index >= 15 is 0 Å². The van der Waals surface area contributed by atoms with E-state index in [1.54, 1.807) is 24.3 Å². The summed E-state index contributed by atoms with van der Waals surface area (Å²) < 4.78 is 26.4. The molecule has 0 aliphatic rings. The number of rotatable bonds is 6. The van der Waals surface area contributed by atoms with Crippen molar-refractivity contribution in [2.75, 3.05) is 6.54 Å². The van der Waals surface area contributed by atoms with Crippen molar-refractivity contribution in [3.63, 3.8) is 0 Å². The Morgan fingerprint density at radius 1 is 1.28 bits per heavy atom. The molecule has 0 saturated carbocycles. The lowest BCUT2D eigenvalue weighted by atomic mass is 10.2. The molecule has 0 saturated heterocycles. The monoisotopic (exact) mass is 265 g/mol. The standard InChI is InChI=1S/C14H19NO2S/c1-3-4-5-6-7-12-15-18(16,17)14-10-8-13(2)9-11-14/h3,5,8-11,15H,6-7,12H2,1-2H3. The molecule has 0 radical (unpaired) electrons. The number of sulfonamides is 1. The number of unbranched alkanes of at least 4 members (excludes halogenated alkanes) is 1. The van der Waals surface area contributed by atoms with E-state index in [4.69, 9.17) is 0 Å². The van der Waals surface area contributed by atoms with Gasteiger partial charge in [-0.25, -0.2) is 13.1 Å². The Morgan fingerprint density at radius 3 is 2.56 bits per heavy atom. The molecule has 0 spiro atoms. The Hall–Kier alpha value is -1.35. The van der Waals surface area contributed by atoms with E-state index in [2.05, 4.69) is 10.5 Å². The van der Waals surface area contributed by atoms with Crippen molar-refractivity contribution < 1.29 is 8.42 Å². The zero-order valence-corrected chi connectivity index (χ0v) is 11.6. The number of allylic oxidation sites excluding steroid dienone is 1. The first-order valence-corrected chi connectivity index (χ1v) is 7.46. The number of nitrogens with one attached hydrogen (secondary N) is 1. The van der Waals surface area contributed by atoms with Gasteiger partial charge in [0.05, 0.1) is 4.90 Å². The fourth-order valence-electron chi connectivity index (χ4n) is 1.41. The Kier molecular flexibility index (Phi) is 5.86. The highest BCUT2D eigenvalue weighted by atomic mass is 32.2. The van der Waals surface area contributed by atoms with Crippen molar-refractivity contribution in [1.82, 2.24) is 4.72 Å². The van der Waals surface area contributed by atoms with E-state index in [9.17, 15) is 8.42 Å². The molecule has 1 N–H and O–H groups in total. The second kappa shape index (κ2) is 7.17. The number of benzene rings is 1. The molecule has 1 rings (SSSR count). The maximum absolute atomic E-state index is 11.9. The summed E-state index contributed by atoms with van der Waals surface area (Å²) in [6, 6.07) is 6.83. The van der Waals surface area contributed by atoms with Crippen LogP contribution in [0.15, 0.2) is 47.0 Å². The SMILES string of the molecule is CC=C=CCCCNS(=O)(=O)c1ccc(C)cc1. The van der Waals surface area contributed by atoms with Gasteiger partial charge < -0.3 is 0 Å². The van der Waals surface area contributed by atoms with E-state index in [0.717, 1.165) is 18.4 Å². The minimum atomic E-state index is -3.36. The lowest BCUT2D eigenvalue weighted by Crippen LogP contribution is -2.24. The largest absolute Gasteiger partial charge is 0.240 e. The van der Waals surface area contributed by atoms with Crippen LogP contribution in [0.2, 0.25) is 0 Å². The zero-order chi connectivity index (χ0) is 13.4. The van der Waals surface area contributed by atoms with Gasteiger partial charge in [-0.05, 0) is 51.0 Å². The van der Waals surface area contributed by atoms with Crippen LogP contribution < -0.4 is 4.72 Å². The van der Waals surface area contributed by atoms with E-state index in [1.807, 2.05) is 26.0 Å². The quantitative estimate of drug-likeness (QED) is 0.635. The van der Waals surface area contributed by atoms with E-state index < -0.39 is 10.0 Å². The van der Waals surface area contributed by atoms with Crippen LogP contribution in [0.1, 0.15) is 25.3 Å². The molecule has 0 aliphatic carbocycles. The Balaban J connectivity index is 2.50. The van der Waals surface area contributed by atoms with Crippen molar-refractivity contribution in [2.45, 2.75) is 31.6 Å². The molecule has 1 aromatic carbocycles. The van der Waals surface area contributed by atoms with Crippen molar-refractivity contribution >= 4 is 10.0 Å². The molecule has 1 aromatic rings. The molecule has 0 aliphatic heterocycles. The predicted molar refractivity (Wildman–Crippen MR) is 73.9 cm³/mol. The fourth-order valence-corrected chi connectivity index (χ4v) is 2.49. The van der Waals surface area contributed by atoms with Crippen molar-refractivity contribution in [3.05, 3.63) is 47.7 Å². The molecule has 98 valence electrons. The highest BCUT2D eigenvalue weighted by Gasteiger charge is 2.11. The van der Waals surface area contributed by atoms with Gasteiger partial charge in [0.15, 0.2) is 0 Å². The van der Waals surface area contributed by atoms with Gasteiger partial charge in [0.2, 0.25) is 10.0 Å². The minimum absolute atomic E-state index is 0.317. The first kappa shape index (κ1) is 14.7. The van der Waals surface area contributed by atoms with Gasteiger partial charge in [-0.3, -0.25) is 0 Å². The third-order valence-electron chi connectivity index (χ3n) is 2.43. The van der Waals surface area contributed by atoms with Gasteiger partial charge in [0, 0.05) is 6.54 Å². The minimum Gasteiger partial charge on any atom is -0.211 e. The normalized spacial score (nSPS) is 10.8. The van der Waals surface area contributed by atoms with Crippen LogP contribution in [0, 0.1) is 6.92 Å². The second-order valence-corrected chi connectivity index (χ2v) is 5.78. The molecule has 0 aromatic heterocycles. The molecule has 0 bridgehead atoms. The number of hydrogen-bond donors (Lipinski definition) is 1. The molecule has 18 heavy (non-hydrogen) atoms. The van der Waals surface area contributed by atoms with Gasteiger partial charge in [0.1, 0.15) is 0 Å². The maximum Gasteiger partial charge on any atom is 0.240 e. The van der Waals surface area contributed by atoms with Gasteiger partial charge in [-0.1, -0.05) is 17.7 Å². The van der Waals surface area contributed by atoms with Crippen LogP contribution in [0.5, 0.6) is 0 Å². The Bertz CT molecular complexity index is 523. The molecule has 0 heterocycles. The zero-order valence-electron chi connectivity index (χ0n) is 10.8. The first-order valence-electron chi connectivity index (χ1n) is 5.98. The average molecular weight is 265 g/mol. The maximum atomic E-state index is 11.9. The molecule has 0 fully saturated rings. The van der Waals surface area contributed by atoms with Crippen LogP contribution in [0.4, 0.5) is 0 Å². The van der Waals surface area contributed by atoms with Crippen LogP contribution in [-0.2, 0) is 10.0 Å². The average Bonchev–Trinajstić information content (AvgIpc) is 2.34. The van der Waals surface area contributed by atoms with Gasteiger partial charge >= 0.3 is 0 Å². The summed E-state index contributed by atoms with van der Waals surface area (Å²) in [6.07, 6.45) is 5.32. The van der Waals surface area contributed by atoms with Gasteiger partial charge in [-0.2, -0.15) is 0 Å². The smallest absolute Gasteiger partial charge is 0.211 e. The second-order valence-electron chi connectivity index (χ2n) is 4.01. The summed E-state index contributed by atoms with van der Waals surface area (Å²) in [4.78, 5) is 0.317. The summed E-state index contributed by atoms with van der Waals surface area (Å²) in [7, 11) is -3.36. The van der Waals surface area contributed by atoms with E-state index in [0.29, 0.717) is 11.4 Å². The summed E-state index contributed by atoms with van der Waals surface area (Å²) in [5, 5.41) is 0. The molecule has 0 unspecified atom stereocenters. The van der Waals surface area contributed by atoms with Crippen LogP contribution >= 0.6 is 0 Å². The van der Waals surface area contributed by atoms with E-state index in [-0.39, 0.29) is 0 Å². The molecule has 4 heteroatoms. The molecule has 0 atom stereocenters. The molecular formula is C14H19NO2S. The summed E-state index contributed by atoms with van der Waals surface area (Å²) in [5.41, 5.74) is 4.00. The van der Waals surface area contributed by atoms with Gasteiger partial charge in [-0.15, -0.1) is 5.73 Å². The molecular weight excluding hydrogens is 246 g/mol. The lowest BCUT2D eigenvalue weighted by Gasteiger charge is -2.06. The number of aryl methyl sites for hydroxylation is 1. The number of hydrogen-bond acceptors (Lipinski definition) is 2. The highest BCUT2D eigenvalue weighted by Crippen LogP contribution is 2.09. The Morgan fingerprint density at radius 2 is 1.94 bits per heavy atom. The molecule has 0 amide bonds. The summed E-state index contributed by atoms with van der Waals surface area (Å²) in [6.45, 7) is 4.27.